The van der Waals surface area contributed by atoms with Crippen molar-refractivity contribution < 1.29 is 9.53 Å². The van der Waals surface area contributed by atoms with E-state index < -0.39 is 0 Å². The zero-order chi connectivity index (χ0) is 17.9. The molecule has 4 rings (SSSR count). The Balaban J connectivity index is 1.41. The van der Waals surface area contributed by atoms with E-state index in [2.05, 4.69) is 47.8 Å². The number of hydrogen-bond acceptors (Lipinski definition) is 7. The van der Waals surface area contributed by atoms with Gasteiger partial charge in [0.1, 0.15) is 17.1 Å². The third-order valence-corrected chi connectivity index (χ3v) is 4.96. The van der Waals surface area contributed by atoms with Crippen molar-refractivity contribution >= 4 is 44.1 Å². The van der Waals surface area contributed by atoms with Crippen LogP contribution in [0.15, 0.2) is 40.4 Å². The minimum absolute atomic E-state index is 0.265. The summed E-state index contributed by atoms with van der Waals surface area (Å²) in [4.78, 5) is 16.4. The number of pyridine rings is 1. The lowest BCUT2D eigenvalue weighted by molar-refractivity contribution is 0.102. The number of hydrogen-bond donors (Lipinski definition) is 2. The van der Waals surface area contributed by atoms with Gasteiger partial charge in [0.25, 0.3) is 5.91 Å². The van der Waals surface area contributed by atoms with Gasteiger partial charge >= 0.3 is 0 Å². The molecule has 9 heteroatoms. The summed E-state index contributed by atoms with van der Waals surface area (Å²) in [7, 11) is 0. The number of amides is 1. The zero-order valence-corrected chi connectivity index (χ0v) is 15.9. The van der Waals surface area contributed by atoms with Crippen molar-refractivity contribution in [1.82, 2.24) is 15.2 Å². The van der Waals surface area contributed by atoms with Crippen molar-refractivity contribution in [1.29, 1.82) is 0 Å². The van der Waals surface area contributed by atoms with Gasteiger partial charge in [-0.2, -0.15) is 0 Å². The molecule has 2 aromatic heterocycles. The van der Waals surface area contributed by atoms with E-state index in [9.17, 15) is 4.79 Å². The molecule has 0 fully saturated rings. The predicted octanol–water partition coefficient (Wildman–Crippen LogP) is 3.49. The van der Waals surface area contributed by atoms with E-state index in [1.54, 1.807) is 17.6 Å². The van der Waals surface area contributed by atoms with Gasteiger partial charge in [-0.25, -0.2) is 4.98 Å². The van der Waals surface area contributed by atoms with Crippen LogP contribution < -0.4 is 15.4 Å². The summed E-state index contributed by atoms with van der Waals surface area (Å²) in [6.07, 6.45) is 2.46. The van der Waals surface area contributed by atoms with E-state index in [1.807, 2.05) is 6.07 Å². The largest absolute Gasteiger partial charge is 0.493 e. The van der Waals surface area contributed by atoms with Crippen molar-refractivity contribution in [3.8, 4) is 5.75 Å². The van der Waals surface area contributed by atoms with Crippen LogP contribution in [0.25, 0.3) is 0 Å². The van der Waals surface area contributed by atoms with Crippen LogP contribution in [0.5, 0.6) is 5.75 Å². The second-order valence-corrected chi connectivity index (χ2v) is 7.38. The fourth-order valence-electron chi connectivity index (χ4n) is 2.69. The SMILES string of the molecule is O=C(Nc1nncs1)c1ccc(NCc2cc(Br)cc3c2OCC3)nc1. The summed E-state index contributed by atoms with van der Waals surface area (Å²) >= 11 is 4.80. The van der Waals surface area contributed by atoms with Gasteiger partial charge in [0.15, 0.2) is 0 Å². The van der Waals surface area contributed by atoms with Crippen molar-refractivity contribution in [3.63, 3.8) is 0 Å². The van der Waals surface area contributed by atoms with E-state index in [0.29, 0.717) is 23.1 Å². The topological polar surface area (TPSA) is 89.0 Å². The fraction of sp³-hybridized carbons (Fsp3) is 0.176. The lowest BCUT2D eigenvalue weighted by atomic mass is 10.1. The number of aromatic nitrogens is 3. The highest BCUT2D eigenvalue weighted by atomic mass is 79.9. The second-order valence-electron chi connectivity index (χ2n) is 5.64. The van der Waals surface area contributed by atoms with Crippen LogP contribution in [0.3, 0.4) is 0 Å². The molecule has 132 valence electrons. The summed E-state index contributed by atoms with van der Waals surface area (Å²) in [5.41, 5.74) is 4.31. The number of benzene rings is 1. The maximum Gasteiger partial charge on any atom is 0.259 e. The molecule has 0 bridgehead atoms. The average Bonchev–Trinajstić information content (AvgIpc) is 3.31. The van der Waals surface area contributed by atoms with Gasteiger partial charge in [-0.15, -0.1) is 10.2 Å². The number of rotatable bonds is 5. The summed E-state index contributed by atoms with van der Waals surface area (Å²) < 4.78 is 6.77. The average molecular weight is 432 g/mol. The van der Waals surface area contributed by atoms with Crippen LogP contribution >= 0.6 is 27.3 Å². The maximum absolute atomic E-state index is 12.1. The Morgan fingerprint density at radius 3 is 3.04 bits per heavy atom. The molecule has 2 N–H and O–H groups in total. The Morgan fingerprint density at radius 2 is 2.27 bits per heavy atom. The quantitative estimate of drug-likeness (QED) is 0.642. The lowest BCUT2D eigenvalue weighted by Crippen LogP contribution is -2.12. The van der Waals surface area contributed by atoms with Gasteiger partial charge in [0, 0.05) is 29.2 Å². The number of nitrogens with one attached hydrogen (secondary N) is 2. The summed E-state index contributed by atoms with van der Waals surface area (Å²) in [6.45, 7) is 1.31. The molecule has 0 aliphatic carbocycles. The van der Waals surface area contributed by atoms with Gasteiger partial charge in [-0.05, 0) is 29.8 Å². The normalized spacial score (nSPS) is 12.3. The molecule has 1 aromatic carbocycles. The highest BCUT2D eigenvalue weighted by Crippen LogP contribution is 2.33. The monoisotopic (exact) mass is 431 g/mol. The number of ether oxygens (including phenoxy) is 1. The minimum Gasteiger partial charge on any atom is -0.493 e. The standard InChI is InChI=1S/C17H14BrN5O2S/c18-13-5-10-3-4-25-15(10)12(6-13)8-20-14-2-1-11(7-19-14)16(24)22-17-23-21-9-26-17/h1-2,5-7,9H,3-4,8H2,(H,19,20)(H,22,23,24). The molecule has 1 amide bonds. The molecule has 1 aliphatic rings. The maximum atomic E-state index is 12.1. The smallest absolute Gasteiger partial charge is 0.259 e. The molecule has 0 radical (unpaired) electrons. The molecule has 0 unspecified atom stereocenters. The number of carbonyl (C=O) groups is 1. The molecular weight excluding hydrogens is 418 g/mol. The van der Waals surface area contributed by atoms with E-state index in [4.69, 9.17) is 4.74 Å². The van der Waals surface area contributed by atoms with E-state index >= 15 is 0 Å². The van der Waals surface area contributed by atoms with Gasteiger partial charge in [0.05, 0.1) is 12.2 Å². The third kappa shape index (κ3) is 3.68. The number of fused-ring (bicyclic) bond motifs is 1. The van der Waals surface area contributed by atoms with Crippen molar-refractivity contribution in [2.24, 2.45) is 0 Å². The van der Waals surface area contributed by atoms with Gasteiger partial charge in [-0.1, -0.05) is 27.3 Å². The van der Waals surface area contributed by atoms with Gasteiger partial charge in [0.2, 0.25) is 5.13 Å². The Hall–Kier alpha value is -2.52. The molecule has 0 saturated heterocycles. The number of carbonyl (C=O) groups excluding carboxylic acids is 1. The Morgan fingerprint density at radius 1 is 1.35 bits per heavy atom. The Labute approximate surface area is 162 Å². The van der Waals surface area contributed by atoms with E-state index in [1.165, 1.54) is 23.1 Å². The van der Waals surface area contributed by atoms with Crippen LogP contribution in [0.2, 0.25) is 0 Å². The highest BCUT2D eigenvalue weighted by Gasteiger charge is 2.17. The zero-order valence-electron chi connectivity index (χ0n) is 13.5. The molecule has 0 saturated carbocycles. The number of halogens is 1. The molecular formula is C17H14BrN5O2S. The first-order valence-electron chi connectivity index (χ1n) is 7.90. The number of nitrogens with zero attached hydrogens (tertiary/aromatic N) is 3. The predicted molar refractivity (Wildman–Crippen MR) is 103 cm³/mol. The molecule has 26 heavy (non-hydrogen) atoms. The summed E-state index contributed by atoms with van der Waals surface area (Å²) in [5.74, 6) is 1.37. The van der Waals surface area contributed by atoms with Gasteiger partial charge in [-0.3, -0.25) is 10.1 Å². The first-order chi connectivity index (χ1) is 12.7. The Bertz CT molecular complexity index is 931. The molecule has 7 nitrogen and oxygen atoms in total. The molecule has 0 spiro atoms. The minimum atomic E-state index is -0.265. The van der Waals surface area contributed by atoms with E-state index in [0.717, 1.165) is 28.8 Å². The van der Waals surface area contributed by atoms with Crippen LogP contribution in [0, 0.1) is 0 Å². The van der Waals surface area contributed by atoms with Crippen molar-refractivity contribution in [3.05, 3.63) is 57.1 Å². The van der Waals surface area contributed by atoms with E-state index in [-0.39, 0.29) is 5.91 Å². The van der Waals surface area contributed by atoms with Crippen LogP contribution in [-0.4, -0.2) is 27.7 Å². The Kier molecular flexibility index (Phi) is 4.81. The molecule has 0 atom stereocenters. The molecule has 3 heterocycles. The first kappa shape index (κ1) is 16.9. The lowest BCUT2D eigenvalue weighted by Gasteiger charge is -2.11. The summed E-state index contributed by atoms with van der Waals surface area (Å²) in [5, 5.41) is 13.9. The van der Waals surface area contributed by atoms with Crippen LogP contribution in [0.4, 0.5) is 10.9 Å². The van der Waals surface area contributed by atoms with Crippen molar-refractivity contribution in [2.75, 3.05) is 17.2 Å². The third-order valence-electron chi connectivity index (χ3n) is 3.89. The fourth-order valence-corrected chi connectivity index (χ4v) is 3.69. The van der Waals surface area contributed by atoms with Crippen LogP contribution in [-0.2, 0) is 13.0 Å². The first-order valence-corrected chi connectivity index (χ1v) is 9.58. The number of anilines is 2. The molecule has 3 aromatic rings. The summed E-state index contributed by atoms with van der Waals surface area (Å²) in [6, 6.07) is 7.62. The highest BCUT2D eigenvalue weighted by molar-refractivity contribution is 9.10. The molecule has 1 aliphatic heterocycles. The van der Waals surface area contributed by atoms with Gasteiger partial charge < -0.3 is 10.1 Å². The van der Waals surface area contributed by atoms with Crippen LogP contribution in [0.1, 0.15) is 21.5 Å². The van der Waals surface area contributed by atoms with Crippen molar-refractivity contribution in [2.45, 2.75) is 13.0 Å². The second kappa shape index (κ2) is 7.38.